The van der Waals surface area contributed by atoms with Crippen LogP contribution in [0.2, 0.25) is 0 Å². The van der Waals surface area contributed by atoms with Gasteiger partial charge in [0.25, 0.3) is 11.1 Å². The monoisotopic (exact) mass is 341 g/mol. The Morgan fingerprint density at radius 3 is 2.42 bits per heavy atom. The first-order chi connectivity index (χ1) is 11.5. The summed E-state index contributed by atoms with van der Waals surface area (Å²) in [5, 5.41) is 17.9. The number of thioether (sulfide) groups is 1. The van der Waals surface area contributed by atoms with Crippen molar-refractivity contribution in [3.05, 3.63) is 64.6 Å². The molecule has 0 spiro atoms. The van der Waals surface area contributed by atoms with E-state index in [-0.39, 0.29) is 16.2 Å². The van der Waals surface area contributed by atoms with Gasteiger partial charge >= 0.3 is 5.97 Å². The van der Waals surface area contributed by atoms with Crippen LogP contribution in [-0.4, -0.2) is 27.3 Å². The summed E-state index contributed by atoms with van der Waals surface area (Å²) in [5.41, 5.74) is 1.04. The fourth-order valence-electron chi connectivity index (χ4n) is 2.20. The van der Waals surface area contributed by atoms with E-state index in [1.54, 1.807) is 24.3 Å². The molecule has 7 heteroatoms. The van der Waals surface area contributed by atoms with Crippen LogP contribution in [0.3, 0.4) is 0 Å². The molecule has 0 saturated carbocycles. The first-order valence-corrected chi connectivity index (χ1v) is 7.68. The summed E-state index contributed by atoms with van der Waals surface area (Å²) in [5.74, 6) is -1.57. The molecule has 2 amide bonds. The third-order valence-electron chi connectivity index (χ3n) is 3.34. The number of carbonyl (C=O) groups excluding carboxylic acids is 2. The molecular formula is C17H11NO5S. The molecule has 0 radical (unpaired) electrons. The largest absolute Gasteiger partial charge is 0.508 e. The van der Waals surface area contributed by atoms with Gasteiger partial charge in [-0.05, 0) is 47.7 Å². The number of carboxylic acids is 1. The first-order valence-electron chi connectivity index (χ1n) is 6.86. The number of benzene rings is 2. The van der Waals surface area contributed by atoms with Crippen molar-refractivity contribution in [3.63, 3.8) is 0 Å². The number of phenols is 1. The average molecular weight is 341 g/mol. The zero-order chi connectivity index (χ0) is 17.3. The Kier molecular flexibility index (Phi) is 4.09. The van der Waals surface area contributed by atoms with E-state index in [4.69, 9.17) is 5.11 Å². The summed E-state index contributed by atoms with van der Waals surface area (Å²) in [6.07, 6.45) is 1.53. The number of imide groups is 1. The van der Waals surface area contributed by atoms with Crippen molar-refractivity contribution in [1.82, 2.24) is 0 Å². The van der Waals surface area contributed by atoms with E-state index in [9.17, 15) is 19.5 Å². The molecule has 1 aliphatic heterocycles. The first kappa shape index (κ1) is 15.8. The quantitative estimate of drug-likeness (QED) is 0.832. The smallest absolute Gasteiger partial charge is 0.335 e. The summed E-state index contributed by atoms with van der Waals surface area (Å²) in [7, 11) is 0. The lowest BCUT2D eigenvalue weighted by Gasteiger charge is -2.12. The van der Waals surface area contributed by atoms with Crippen molar-refractivity contribution < 1.29 is 24.6 Å². The van der Waals surface area contributed by atoms with Crippen molar-refractivity contribution in [1.29, 1.82) is 0 Å². The van der Waals surface area contributed by atoms with Crippen LogP contribution in [0.1, 0.15) is 15.9 Å². The van der Waals surface area contributed by atoms with E-state index in [0.717, 1.165) is 16.7 Å². The molecule has 1 aliphatic rings. The topological polar surface area (TPSA) is 94.9 Å². The zero-order valence-corrected chi connectivity index (χ0v) is 13.0. The highest BCUT2D eigenvalue weighted by Gasteiger charge is 2.36. The Hall–Kier alpha value is -3.06. The van der Waals surface area contributed by atoms with Gasteiger partial charge in [0.1, 0.15) is 5.75 Å². The van der Waals surface area contributed by atoms with Crippen molar-refractivity contribution in [2.75, 3.05) is 4.90 Å². The van der Waals surface area contributed by atoms with Gasteiger partial charge in [-0.15, -0.1) is 0 Å². The maximum atomic E-state index is 12.4. The standard InChI is InChI=1S/C17H11NO5S/c19-13-3-1-2-12(9-13)18-15(20)14(24-17(18)23)8-10-4-6-11(7-5-10)16(21)22/h1-9,19H,(H,21,22). The van der Waals surface area contributed by atoms with E-state index in [2.05, 4.69) is 0 Å². The summed E-state index contributed by atoms with van der Waals surface area (Å²) in [4.78, 5) is 36.6. The highest BCUT2D eigenvalue weighted by atomic mass is 32.2. The number of carbonyl (C=O) groups is 3. The number of nitrogens with zero attached hydrogens (tertiary/aromatic N) is 1. The van der Waals surface area contributed by atoms with Crippen LogP contribution in [0.25, 0.3) is 6.08 Å². The Balaban J connectivity index is 1.89. The van der Waals surface area contributed by atoms with Crippen molar-refractivity contribution >= 4 is 40.6 Å². The van der Waals surface area contributed by atoms with Gasteiger partial charge < -0.3 is 10.2 Å². The van der Waals surface area contributed by atoms with Gasteiger partial charge in [-0.2, -0.15) is 0 Å². The molecule has 24 heavy (non-hydrogen) atoms. The van der Waals surface area contributed by atoms with Crippen LogP contribution in [0.5, 0.6) is 5.75 Å². The second-order valence-corrected chi connectivity index (χ2v) is 5.96. The van der Waals surface area contributed by atoms with Gasteiger partial charge in [0.05, 0.1) is 16.2 Å². The van der Waals surface area contributed by atoms with Crippen molar-refractivity contribution in [2.45, 2.75) is 0 Å². The average Bonchev–Trinajstić information content (AvgIpc) is 2.82. The van der Waals surface area contributed by atoms with Gasteiger partial charge in [0, 0.05) is 6.07 Å². The van der Waals surface area contributed by atoms with E-state index >= 15 is 0 Å². The molecule has 2 aromatic rings. The van der Waals surface area contributed by atoms with Crippen LogP contribution in [0.4, 0.5) is 10.5 Å². The lowest BCUT2D eigenvalue weighted by Crippen LogP contribution is -2.27. The number of hydrogen-bond acceptors (Lipinski definition) is 5. The van der Waals surface area contributed by atoms with Gasteiger partial charge in [0.15, 0.2) is 0 Å². The van der Waals surface area contributed by atoms with E-state index in [1.807, 2.05) is 0 Å². The summed E-state index contributed by atoms with van der Waals surface area (Å²) >= 11 is 0.788. The predicted octanol–water partition coefficient (Wildman–Crippen LogP) is 3.33. The number of aromatic hydroxyl groups is 1. The van der Waals surface area contributed by atoms with Gasteiger partial charge in [-0.25, -0.2) is 9.69 Å². The Labute approximate surface area is 141 Å². The third kappa shape index (κ3) is 3.02. The summed E-state index contributed by atoms with van der Waals surface area (Å²) < 4.78 is 0. The van der Waals surface area contributed by atoms with Crippen LogP contribution in [0, 0.1) is 0 Å². The molecule has 1 fully saturated rings. The Morgan fingerprint density at radius 2 is 1.79 bits per heavy atom. The zero-order valence-electron chi connectivity index (χ0n) is 12.2. The Bertz CT molecular complexity index is 873. The minimum Gasteiger partial charge on any atom is -0.508 e. The maximum Gasteiger partial charge on any atom is 0.335 e. The number of hydrogen-bond donors (Lipinski definition) is 2. The number of phenolic OH excluding ortho intramolecular Hbond substituents is 1. The molecule has 1 saturated heterocycles. The lowest BCUT2D eigenvalue weighted by molar-refractivity contribution is -0.113. The third-order valence-corrected chi connectivity index (χ3v) is 4.21. The number of amides is 2. The Morgan fingerprint density at radius 1 is 1.08 bits per heavy atom. The molecule has 0 unspecified atom stereocenters. The highest BCUT2D eigenvalue weighted by molar-refractivity contribution is 8.19. The maximum absolute atomic E-state index is 12.4. The molecule has 3 rings (SSSR count). The van der Waals surface area contributed by atoms with E-state index in [0.29, 0.717) is 11.3 Å². The number of aromatic carboxylic acids is 1. The number of anilines is 1. The minimum absolute atomic E-state index is 0.0419. The molecule has 2 N–H and O–H groups in total. The van der Waals surface area contributed by atoms with Crippen molar-refractivity contribution in [2.24, 2.45) is 0 Å². The fraction of sp³-hybridized carbons (Fsp3) is 0. The SMILES string of the molecule is O=C(O)c1ccc(C=C2SC(=O)N(c3cccc(O)c3)C2=O)cc1. The van der Waals surface area contributed by atoms with Crippen LogP contribution in [0.15, 0.2) is 53.4 Å². The van der Waals surface area contributed by atoms with E-state index < -0.39 is 17.1 Å². The van der Waals surface area contributed by atoms with Gasteiger partial charge in [-0.3, -0.25) is 9.59 Å². The van der Waals surface area contributed by atoms with Crippen molar-refractivity contribution in [3.8, 4) is 5.75 Å². The molecule has 120 valence electrons. The highest BCUT2D eigenvalue weighted by Crippen LogP contribution is 2.36. The molecule has 0 bridgehead atoms. The van der Waals surface area contributed by atoms with Crippen LogP contribution >= 0.6 is 11.8 Å². The molecule has 1 heterocycles. The molecule has 0 aliphatic carbocycles. The number of rotatable bonds is 3. The lowest BCUT2D eigenvalue weighted by atomic mass is 10.1. The van der Waals surface area contributed by atoms with Crippen LogP contribution in [-0.2, 0) is 4.79 Å². The predicted molar refractivity (Wildman–Crippen MR) is 90.0 cm³/mol. The van der Waals surface area contributed by atoms with Gasteiger partial charge in [-0.1, -0.05) is 18.2 Å². The summed E-state index contributed by atoms with van der Waals surface area (Å²) in [6.45, 7) is 0. The molecule has 6 nitrogen and oxygen atoms in total. The second-order valence-electron chi connectivity index (χ2n) is 4.96. The van der Waals surface area contributed by atoms with Gasteiger partial charge in [0.2, 0.25) is 0 Å². The van der Waals surface area contributed by atoms with Crippen LogP contribution < -0.4 is 4.90 Å². The molecular weight excluding hydrogens is 330 g/mol. The fourth-order valence-corrected chi connectivity index (χ4v) is 3.04. The summed E-state index contributed by atoms with van der Waals surface area (Å²) in [6, 6.07) is 11.9. The number of carboxylic acid groups (broad SMARTS) is 1. The molecule has 0 atom stereocenters. The second kappa shape index (κ2) is 6.21. The molecule has 2 aromatic carbocycles. The normalized spacial score (nSPS) is 16.0. The minimum atomic E-state index is -1.04. The molecule has 0 aromatic heterocycles. The van der Waals surface area contributed by atoms with E-state index in [1.165, 1.54) is 30.3 Å².